The number of nitro benzene ring substituents is 2. The quantitative estimate of drug-likeness (QED) is 0.00675. The number of nitrogens with zero attached hydrogens (tertiary/aromatic N) is 7. The lowest BCUT2D eigenvalue weighted by Crippen LogP contribution is -2.56. The van der Waals surface area contributed by atoms with Crippen LogP contribution in [0.15, 0.2) is 217 Å². The molecular weight excluding hydrogens is 1590 g/mol. The number of hydrogen-bond donors (Lipinski definition) is 5. The second-order valence-corrected chi connectivity index (χ2v) is 35.9. The molecule has 33 heteroatoms. The Balaban J connectivity index is 0.000000197. The minimum Gasteiger partial charge on any atom is -0.462 e. The van der Waals surface area contributed by atoms with Crippen molar-refractivity contribution in [3.63, 3.8) is 0 Å². The summed E-state index contributed by atoms with van der Waals surface area (Å²) in [5, 5.41) is 33.3. The van der Waals surface area contributed by atoms with Gasteiger partial charge in [-0.1, -0.05) is 103 Å². The second-order valence-electron chi connectivity index (χ2n) is 29.3. The average Bonchev–Trinajstić information content (AvgIpc) is 0.814. The van der Waals surface area contributed by atoms with Gasteiger partial charge in [0.2, 0.25) is 15.8 Å². The normalized spacial score (nSPS) is 17.5. The fourth-order valence-corrected chi connectivity index (χ4v) is 18.2. The largest absolute Gasteiger partial charge is 0.462 e. The van der Waals surface area contributed by atoms with E-state index in [0.717, 1.165) is 176 Å². The highest BCUT2D eigenvalue weighted by atomic mass is 32.2. The third kappa shape index (κ3) is 35.0. The Bertz CT molecular complexity index is 4190. The predicted molar refractivity (Wildman–Crippen MR) is 458 cm³/mol. The lowest BCUT2D eigenvalue weighted by atomic mass is 9.89. The summed E-state index contributed by atoms with van der Waals surface area (Å²) < 4.78 is 55.0. The topological polar surface area (TPSA) is 336 Å². The number of rotatable bonds is 25. The number of esters is 2. The van der Waals surface area contributed by atoms with E-state index in [2.05, 4.69) is 146 Å². The van der Waals surface area contributed by atoms with E-state index in [9.17, 15) is 47.4 Å². The van der Waals surface area contributed by atoms with E-state index in [4.69, 9.17) is 31.0 Å². The molecule has 5 fully saturated rings. The Labute approximate surface area is 697 Å². The molecule has 5 heterocycles. The second kappa shape index (κ2) is 48.5. The highest BCUT2D eigenvalue weighted by Gasteiger charge is 2.39. The number of carbonyl (C=O) groups is 3. The number of halogens is 1. The van der Waals surface area contributed by atoms with Gasteiger partial charge in [-0.15, -0.1) is 56.4 Å². The highest BCUT2D eigenvalue weighted by molar-refractivity contribution is 8.00. The van der Waals surface area contributed by atoms with Crippen LogP contribution < -0.4 is 27.4 Å². The Morgan fingerprint density at radius 3 is 1.38 bits per heavy atom. The van der Waals surface area contributed by atoms with E-state index in [0.29, 0.717) is 29.3 Å². The average molecular weight is 1700 g/mol. The smallest absolute Gasteiger partial charge is 0.407 e. The van der Waals surface area contributed by atoms with Gasteiger partial charge in [-0.05, 0) is 178 Å². The number of primary sulfonamides is 1. The van der Waals surface area contributed by atoms with Crippen molar-refractivity contribution in [3.8, 4) is 0 Å². The summed E-state index contributed by atoms with van der Waals surface area (Å²) in [5.41, 5.74) is 6.29. The van der Waals surface area contributed by atoms with Crippen LogP contribution in [0.3, 0.4) is 0 Å². The Morgan fingerprint density at radius 1 is 0.522 bits per heavy atom. The zero-order valence-corrected chi connectivity index (χ0v) is 71.5. The standard InChI is InChI=1S/C21H26N2O2S.C19H24N4O4S2.C15H21NO2S.C13H20N2S.C8H15NO2.C6H5FN2O4S/c1-23-14-12-21(13-15-23,17-26-19-10-6-3-7-11-19)22-20(24)25-16-18-8-4-2-5-9-18;1-22-11-9-19(10-12-22,14-28-15-5-3-2-4-6-15)21-17-8-7-16(29-27-26-20)13-18(17)23(24)25;1-13(17)18-15(8-10-16(2)11-9-15)12-19-14-6-4-3-5-7-14;1-15-9-7-13(14,8-10-15)11-16-12-5-3-2-4-6-12;1-7(10)11-8-3-5-9(2)6-4-8;7-5-2-1-4(14(8,12)13)3-6(5)9(10)11/h2-11H,12-17H2,1H3,(H,22,24);2-8,13,21H,9-12,14,20H2,1H3;3-7H,8-12H2,1-2H3;2-6H,7-11,14H2,1H3;8H,3-6H2,1-2H3;1-3H,(H2,8,12,13). The number of hydrogen-bond acceptors (Lipinski definition) is 27. The number of alkyl carbamates (subject to hydrolysis) is 1. The maximum Gasteiger partial charge on any atom is 0.407 e. The Kier molecular flexibility index (Phi) is 39.9. The number of amides is 1. The van der Waals surface area contributed by atoms with Gasteiger partial charge in [0.25, 0.3) is 5.69 Å². The number of ether oxygens (including phenoxy) is 3. The van der Waals surface area contributed by atoms with E-state index < -0.39 is 31.3 Å². The van der Waals surface area contributed by atoms with Crippen LogP contribution >= 0.6 is 59.1 Å². The van der Waals surface area contributed by atoms with Crippen molar-refractivity contribution in [2.24, 2.45) is 16.8 Å². The zero-order valence-electron chi connectivity index (χ0n) is 66.6. The lowest BCUT2D eigenvalue weighted by molar-refractivity contribution is -0.387. The summed E-state index contributed by atoms with van der Waals surface area (Å²) in [4.78, 5) is 75.4. The van der Waals surface area contributed by atoms with Crippen molar-refractivity contribution in [2.75, 3.05) is 129 Å². The van der Waals surface area contributed by atoms with Crippen molar-refractivity contribution in [1.29, 1.82) is 0 Å². The van der Waals surface area contributed by atoms with Crippen LogP contribution in [-0.2, 0) is 49.8 Å². The lowest BCUT2D eigenvalue weighted by Gasteiger charge is -2.41. The van der Waals surface area contributed by atoms with Gasteiger partial charge in [0, 0.05) is 150 Å². The molecule has 12 rings (SSSR count). The number of carbonyl (C=O) groups excluding carboxylic acids is 3. The number of piperidine rings is 5. The molecule has 0 atom stereocenters. The molecule has 0 unspecified atom stereocenters. The van der Waals surface area contributed by atoms with Crippen LogP contribution in [0.4, 0.5) is 26.2 Å². The Hall–Kier alpha value is -7.42. The van der Waals surface area contributed by atoms with E-state index in [1.807, 2.05) is 96.7 Å². The minimum atomic E-state index is -4.05. The van der Waals surface area contributed by atoms with Crippen LogP contribution in [0.5, 0.6) is 0 Å². The molecule has 0 saturated carbocycles. The summed E-state index contributed by atoms with van der Waals surface area (Å²) in [6.45, 7) is 13.4. The first kappa shape index (κ1) is 94.7. The van der Waals surface area contributed by atoms with Gasteiger partial charge in [0.15, 0.2) is 0 Å². The predicted octanol–water partition coefficient (Wildman–Crippen LogP) is 14.3. The van der Waals surface area contributed by atoms with E-state index in [1.54, 1.807) is 47.4 Å². The molecule has 1 amide bonds. The highest BCUT2D eigenvalue weighted by Crippen LogP contribution is 2.39. The van der Waals surface area contributed by atoms with Crippen LogP contribution in [0, 0.1) is 26.0 Å². The summed E-state index contributed by atoms with van der Waals surface area (Å²) in [6, 6.07) is 58.2. The molecule has 0 bridgehead atoms. The first-order valence-electron chi connectivity index (χ1n) is 38.0. The molecule has 8 N–H and O–H groups in total. The fraction of sp³-hybridized carbons (Fsp3) is 0.451. The number of anilines is 1. The first-order chi connectivity index (χ1) is 54.9. The maximum atomic E-state index is 12.7. The van der Waals surface area contributed by atoms with E-state index in [-0.39, 0.29) is 57.0 Å². The van der Waals surface area contributed by atoms with Gasteiger partial charge in [0.1, 0.15) is 24.0 Å². The summed E-state index contributed by atoms with van der Waals surface area (Å²) >= 11 is 8.04. The van der Waals surface area contributed by atoms with Crippen molar-refractivity contribution >= 4 is 104 Å². The number of sulfonamides is 1. The molecule has 0 aromatic heterocycles. The van der Waals surface area contributed by atoms with Gasteiger partial charge < -0.3 is 55.1 Å². The molecule has 5 saturated heterocycles. The first-order valence-corrected chi connectivity index (χ1v) is 44.2. The Morgan fingerprint density at radius 2 is 0.939 bits per heavy atom. The van der Waals surface area contributed by atoms with Crippen LogP contribution in [-0.4, -0.2) is 213 Å². The maximum absolute atomic E-state index is 12.7. The van der Waals surface area contributed by atoms with Crippen molar-refractivity contribution < 1.29 is 60.6 Å². The third-order valence-corrected chi connectivity index (χ3v) is 26.6. The number of nitro groups is 2. The molecule has 0 aliphatic carbocycles. The van der Waals surface area contributed by atoms with Gasteiger partial charge in [-0.25, -0.2) is 18.4 Å². The van der Waals surface area contributed by atoms with Crippen LogP contribution in [0.25, 0.3) is 0 Å². The molecule has 5 aliphatic heterocycles. The SMILES string of the molecule is CC(=O)OC1(CSc2ccccc2)CCN(C)CC1.CC(=O)OC1CCN(C)CC1.CN1CCC(CSc2ccccc2)(NC(=O)OCc2ccccc2)CC1.CN1CCC(CSc2ccccc2)(Nc2ccc(SOON)cc2[N+](=O)[O-])CC1.CN1CCC(N)(CSc2ccccc2)CC1.NS(=O)(=O)c1ccc(F)c([N+](=O)[O-])c1. The third-order valence-electron chi connectivity index (χ3n) is 19.9. The molecule has 626 valence electrons. The molecular formula is C82H111FN12O14S6. The van der Waals surface area contributed by atoms with Gasteiger partial charge in [-0.2, -0.15) is 10.3 Å². The molecule has 7 aromatic rings. The molecule has 115 heavy (non-hydrogen) atoms. The molecule has 26 nitrogen and oxygen atoms in total. The van der Waals surface area contributed by atoms with Crippen molar-refractivity contribution in [3.05, 3.63) is 220 Å². The van der Waals surface area contributed by atoms with Gasteiger partial charge >= 0.3 is 23.7 Å². The van der Waals surface area contributed by atoms with Crippen LogP contribution in [0.2, 0.25) is 0 Å². The van der Waals surface area contributed by atoms with Crippen molar-refractivity contribution in [1.82, 2.24) is 29.8 Å². The fourth-order valence-electron chi connectivity index (χ4n) is 12.8. The summed E-state index contributed by atoms with van der Waals surface area (Å²) in [6.07, 6.45) is 9.55. The van der Waals surface area contributed by atoms with Crippen molar-refractivity contribution in [2.45, 2.75) is 142 Å². The summed E-state index contributed by atoms with van der Waals surface area (Å²) in [5.74, 6) is 6.96. The minimum absolute atomic E-state index is 0.00126. The number of benzene rings is 7. The molecule has 5 aliphatic rings. The zero-order chi connectivity index (χ0) is 83.3. The molecule has 7 aromatic carbocycles. The molecule has 0 spiro atoms. The van der Waals surface area contributed by atoms with E-state index >= 15 is 0 Å². The number of nitrogens with one attached hydrogen (secondary N) is 2. The number of likely N-dealkylation sites (tertiary alicyclic amines) is 5. The molecule has 0 radical (unpaired) electrons. The number of thioether (sulfide) groups is 4. The summed E-state index contributed by atoms with van der Waals surface area (Å²) in [7, 11) is 6.55. The van der Waals surface area contributed by atoms with Gasteiger partial charge in [0.05, 0.1) is 32.3 Å². The monoisotopic (exact) mass is 1700 g/mol. The van der Waals surface area contributed by atoms with E-state index in [1.165, 1.54) is 39.5 Å². The number of nitrogens with two attached hydrogens (primary N) is 3. The van der Waals surface area contributed by atoms with Gasteiger partial charge in [-0.3, -0.25) is 29.8 Å². The van der Waals surface area contributed by atoms with Crippen LogP contribution in [0.1, 0.15) is 83.6 Å².